The molecule has 0 saturated heterocycles. The van der Waals surface area contributed by atoms with Crippen molar-refractivity contribution in [2.75, 3.05) is 13.6 Å². The number of nitrogens with one attached hydrogen (secondary N) is 2. The van der Waals surface area contributed by atoms with Crippen molar-refractivity contribution >= 4 is 21.4 Å². The van der Waals surface area contributed by atoms with Crippen LogP contribution in [-0.4, -0.2) is 22.0 Å². The first-order chi connectivity index (χ1) is 7.76. The molecule has 0 aliphatic heterocycles. The summed E-state index contributed by atoms with van der Waals surface area (Å²) in [6.45, 7) is 7.00. The van der Waals surface area contributed by atoms with Crippen LogP contribution in [0.1, 0.15) is 25.6 Å². The molecule has 1 aromatic rings. The number of sulfonamides is 1. The molecule has 0 aromatic carbocycles. The second-order valence-electron chi connectivity index (χ2n) is 5.12. The van der Waals surface area contributed by atoms with Crippen LogP contribution in [0.3, 0.4) is 0 Å². The second-order valence-corrected chi connectivity index (χ2v) is 7.86. The molecule has 1 rings (SSSR count). The van der Waals surface area contributed by atoms with Gasteiger partial charge in [-0.3, -0.25) is 0 Å². The molecule has 98 valence electrons. The van der Waals surface area contributed by atoms with Crippen LogP contribution in [0.2, 0.25) is 0 Å². The standard InChI is InChI=1S/C11H20N2O2S2/c1-11(2,3)8-13-17(14,15)10-5-6-16-9(10)7-12-4/h5-6,12-13H,7-8H2,1-4H3. The van der Waals surface area contributed by atoms with Crippen molar-refractivity contribution in [3.05, 3.63) is 16.3 Å². The molecule has 6 heteroatoms. The van der Waals surface area contributed by atoms with Gasteiger partial charge in [-0.05, 0) is 23.9 Å². The summed E-state index contributed by atoms with van der Waals surface area (Å²) in [5.41, 5.74) is -0.0632. The van der Waals surface area contributed by atoms with Gasteiger partial charge in [-0.15, -0.1) is 11.3 Å². The third kappa shape index (κ3) is 4.39. The number of thiophene rings is 1. The minimum atomic E-state index is -3.38. The van der Waals surface area contributed by atoms with E-state index in [0.717, 1.165) is 4.88 Å². The Morgan fingerprint density at radius 3 is 2.53 bits per heavy atom. The van der Waals surface area contributed by atoms with Crippen LogP contribution < -0.4 is 10.0 Å². The summed E-state index contributed by atoms with van der Waals surface area (Å²) in [5.74, 6) is 0. The zero-order valence-electron chi connectivity index (χ0n) is 10.7. The maximum atomic E-state index is 12.1. The zero-order chi connectivity index (χ0) is 13.1. The van der Waals surface area contributed by atoms with Gasteiger partial charge in [0.25, 0.3) is 0 Å². The van der Waals surface area contributed by atoms with Crippen molar-refractivity contribution in [2.45, 2.75) is 32.2 Å². The summed E-state index contributed by atoms with van der Waals surface area (Å²) >= 11 is 1.45. The van der Waals surface area contributed by atoms with E-state index in [0.29, 0.717) is 18.0 Å². The van der Waals surface area contributed by atoms with E-state index in [4.69, 9.17) is 0 Å². The Hall–Kier alpha value is -0.430. The normalized spacial score (nSPS) is 12.9. The van der Waals surface area contributed by atoms with Gasteiger partial charge in [0.05, 0.1) is 4.90 Å². The molecule has 0 saturated carbocycles. The largest absolute Gasteiger partial charge is 0.315 e. The lowest BCUT2D eigenvalue weighted by Crippen LogP contribution is -2.32. The maximum absolute atomic E-state index is 12.1. The summed E-state index contributed by atoms with van der Waals surface area (Å²) in [6.07, 6.45) is 0. The van der Waals surface area contributed by atoms with Crippen LogP contribution in [0.15, 0.2) is 16.3 Å². The molecule has 1 aromatic heterocycles. The third-order valence-electron chi connectivity index (χ3n) is 2.12. The van der Waals surface area contributed by atoms with Gasteiger partial charge in [0.1, 0.15) is 0 Å². The van der Waals surface area contributed by atoms with Gasteiger partial charge in [0.15, 0.2) is 0 Å². The van der Waals surface area contributed by atoms with Gasteiger partial charge in [-0.25, -0.2) is 13.1 Å². The lowest BCUT2D eigenvalue weighted by Gasteiger charge is -2.18. The molecule has 2 N–H and O–H groups in total. The average Bonchev–Trinajstić information content (AvgIpc) is 2.63. The lowest BCUT2D eigenvalue weighted by molar-refractivity contribution is 0.407. The van der Waals surface area contributed by atoms with Gasteiger partial charge in [0.2, 0.25) is 10.0 Å². The van der Waals surface area contributed by atoms with Crippen molar-refractivity contribution in [1.29, 1.82) is 0 Å². The van der Waals surface area contributed by atoms with Gasteiger partial charge in [-0.1, -0.05) is 20.8 Å². The van der Waals surface area contributed by atoms with E-state index in [1.165, 1.54) is 11.3 Å². The molecular weight excluding hydrogens is 256 g/mol. The smallest absolute Gasteiger partial charge is 0.241 e. The van der Waals surface area contributed by atoms with Gasteiger partial charge >= 0.3 is 0 Å². The predicted octanol–water partition coefficient (Wildman–Crippen LogP) is 1.79. The fourth-order valence-electron chi connectivity index (χ4n) is 1.25. The molecule has 4 nitrogen and oxygen atoms in total. The van der Waals surface area contributed by atoms with Gasteiger partial charge < -0.3 is 5.32 Å². The Kier molecular flexibility index (Phi) is 4.71. The predicted molar refractivity (Wildman–Crippen MR) is 71.7 cm³/mol. The van der Waals surface area contributed by atoms with Gasteiger partial charge in [0, 0.05) is 18.0 Å². The van der Waals surface area contributed by atoms with Crippen LogP contribution in [0.25, 0.3) is 0 Å². The van der Waals surface area contributed by atoms with Crippen molar-refractivity contribution in [2.24, 2.45) is 5.41 Å². The third-order valence-corrected chi connectivity index (χ3v) is 4.66. The molecule has 1 heterocycles. The maximum Gasteiger partial charge on any atom is 0.241 e. The highest BCUT2D eigenvalue weighted by molar-refractivity contribution is 7.89. The highest BCUT2D eigenvalue weighted by atomic mass is 32.2. The minimum absolute atomic E-state index is 0.0632. The van der Waals surface area contributed by atoms with E-state index in [1.807, 2.05) is 20.8 Å². The number of hydrogen-bond acceptors (Lipinski definition) is 4. The van der Waals surface area contributed by atoms with Crippen LogP contribution in [0, 0.1) is 5.41 Å². The summed E-state index contributed by atoms with van der Waals surface area (Å²) in [4.78, 5) is 1.23. The van der Waals surface area contributed by atoms with Crippen molar-refractivity contribution in [3.8, 4) is 0 Å². The van der Waals surface area contributed by atoms with E-state index in [-0.39, 0.29) is 5.41 Å². The lowest BCUT2D eigenvalue weighted by atomic mass is 9.98. The molecule has 0 fully saturated rings. The van der Waals surface area contributed by atoms with E-state index < -0.39 is 10.0 Å². The average molecular weight is 276 g/mol. The minimum Gasteiger partial charge on any atom is -0.315 e. The first-order valence-corrected chi connectivity index (χ1v) is 7.83. The van der Waals surface area contributed by atoms with Crippen molar-refractivity contribution in [1.82, 2.24) is 10.0 Å². The van der Waals surface area contributed by atoms with Crippen LogP contribution in [0.4, 0.5) is 0 Å². The van der Waals surface area contributed by atoms with E-state index >= 15 is 0 Å². The summed E-state index contributed by atoms with van der Waals surface area (Å²) in [7, 11) is -1.58. The molecule has 0 spiro atoms. The fraction of sp³-hybridized carbons (Fsp3) is 0.636. The Bertz CT molecular complexity index is 458. The topological polar surface area (TPSA) is 58.2 Å². The molecule has 0 atom stereocenters. The van der Waals surface area contributed by atoms with E-state index in [2.05, 4.69) is 10.0 Å². The number of rotatable bonds is 5. The molecule has 0 aliphatic rings. The summed E-state index contributed by atoms with van der Waals surface area (Å²) < 4.78 is 26.9. The number of hydrogen-bond donors (Lipinski definition) is 2. The molecule has 0 bridgehead atoms. The zero-order valence-corrected chi connectivity index (χ0v) is 12.3. The Morgan fingerprint density at radius 1 is 1.35 bits per heavy atom. The molecule has 0 unspecified atom stereocenters. The molecule has 17 heavy (non-hydrogen) atoms. The van der Waals surface area contributed by atoms with Gasteiger partial charge in [-0.2, -0.15) is 0 Å². The highest BCUT2D eigenvalue weighted by Gasteiger charge is 2.21. The molecule has 0 aliphatic carbocycles. The van der Waals surface area contributed by atoms with E-state index in [9.17, 15) is 8.42 Å². The van der Waals surface area contributed by atoms with Crippen LogP contribution >= 0.6 is 11.3 Å². The fourth-order valence-corrected chi connectivity index (χ4v) is 3.98. The Labute approximate surface area is 107 Å². The Balaban J connectivity index is 2.86. The van der Waals surface area contributed by atoms with Crippen molar-refractivity contribution < 1.29 is 8.42 Å². The quantitative estimate of drug-likeness (QED) is 0.862. The van der Waals surface area contributed by atoms with Crippen molar-refractivity contribution in [3.63, 3.8) is 0 Å². The first kappa shape index (κ1) is 14.6. The SMILES string of the molecule is CNCc1sccc1S(=O)(=O)NCC(C)(C)C. The molecule has 0 amide bonds. The van der Waals surface area contributed by atoms with Crippen LogP contribution in [0.5, 0.6) is 0 Å². The summed E-state index contributed by atoms with van der Waals surface area (Å²) in [6, 6.07) is 1.66. The van der Waals surface area contributed by atoms with E-state index in [1.54, 1.807) is 18.5 Å². The highest BCUT2D eigenvalue weighted by Crippen LogP contribution is 2.22. The Morgan fingerprint density at radius 2 is 2.00 bits per heavy atom. The second kappa shape index (κ2) is 5.48. The molecule has 0 radical (unpaired) electrons. The monoisotopic (exact) mass is 276 g/mol. The first-order valence-electron chi connectivity index (χ1n) is 5.47. The van der Waals surface area contributed by atoms with Crippen LogP contribution in [-0.2, 0) is 16.6 Å². The molecular formula is C11H20N2O2S2. The summed E-state index contributed by atoms with van der Waals surface area (Å²) in [5, 5.41) is 4.78.